The Labute approximate surface area is 136 Å². The zero-order valence-electron chi connectivity index (χ0n) is 13.5. The van der Waals surface area contributed by atoms with Gasteiger partial charge in [0.15, 0.2) is 0 Å². The van der Waals surface area contributed by atoms with Gasteiger partial charge in [0.2, 0.25) is 5.91 Å². The number of ether oxygens (including phenoxy) is 1. The number of anilines is 1. The maximum absolute atomic E-state index is 12.7. The maximum Gasteiger partial charge on any atom is 0.247 e. The summed E-state index contributed by atoms with van der Waals surface area (Å²) in [7, 11) is 1.64. The number of carbonyl (C=O) groups is 1. The van der Waals surface area contributed by atoms with E-state index in [-0.39, 0.29) is 5.91 Å². The van der Waals surface area contributed by atoms with E-state index in [0.29, 0.717) is 6.04 Å². The van der Waals surface area contributed by atoms with Crippen molar-refractivity contribution in [3.8, 4) is 5.75 Å². The molecule has 2 N–H and O–H groups in total. The Morgan fingerprint density at radius 3 is 2.57 bits per heavy atom. The van der Waals surface area contributed by atoms with Crippen molar-refractivity contribution < 1.29 is 9.53 Å². The molecule has 0 radical (unpaired) electrons. The summed E-state index contributed by atoms with van der Waals surface area (Å²) >= 11 is 0. The number of benzene rings is 2. The summed E-state index contributed by atoms with van der Waals surface area (Å²) in [6.45, 7) is 2.02. The highest BCUT2D eigenvalue weighted by atomic mass is 16.5. The van der Waals surface area contributed by atoms with Crippen molar-refractivity contribution in [3.63, 3.8) is 0 Å². The van der Waals surface area contributed by atoms with Crippen LogP contribution >= 0.6 is 0 Å². The first-order chi connectivity index (χ1) is 11.2. The number of nitrogens with one attached hydrogen (secondary N) is 2. The highest BCUT2D eigenvalue weighted by Gasteiger charge is 2.28. The zero-order chi connectivity index (χ0) is 16.2. The summed E-state index contributed by atoms with van der Waals surface area (Å²) in [4.78, 5) is 12.7. The number of hydrogen-bond acceptors (Lipinski definition) is 3. The average molecular weight is 310 g/mol. The standard InChI is InChI=1S/C19H22N2O2/c1-13-8-11-17(23-2)16(12-13)21-18(14-6-4-3-5-7-14)19(22)20-15-9-10-15/h3-8,11-12,15,18,21H,9-10H2,1-2H3,(H,20,22)/t18-/m0/s1. The molecule has 4 nitrogen and oxygen atoms in total. The molecule has 0 saturated heterocycles. The summed E-state index contributed by atoms with van der Waals surface area (Å²) in [5, 5.41) is 6.43. The molecule has 23 heavy (non-hydrogen) atoms. The predicted molar refractivity (Wildman–Crippen MR) is 91.7 cm³/mol. The highest BCUT2D eigenvalue weighted by Crippen LogP contribution is 2.30. The van der Waals surface area contributed by atoms with Gasteiger partial charge in [-0.05, 0) is 43.0 Å². The van der Waals surface area contributed by atoms with E-state index in [2.05, 4.69) is 10.6 Å². The lowest BCUT2D eigenvalue weighted by Gasteiger charge is -2.21. The first-order valence-electron chi connectivity index (χ1n) is 7.94. The minimum atomic E-state index is -0.438. The van der Waals surface area contributed by atoms with E-state index in [1.807, 2.05) is 55.5 Å². The minimum absolute atomic E-state index is 0.00209. The zero-order valence-corrected chi connectivity index (χ0v) is 13.5. The molecule has 1 atom stereocenters. The monoisotopic (exact) mass is 310 g/mol. The third-order valence-corrected chi connectivity index (χ3v) is 3.97. The molecule has 1 aliphatic rings. The first-order valence-corrected chi connectivity index (χ1v) is 7.94. The summed E-state index contributed by atoms with van der Waals surface area (Å²) in [6, 6.07) is 15.6. The molecule has 0 spiro atoms. The Hall–Kier alpha value is -2.49. The van der Waals surface area contributed by atoms with Crippen LogP contribution in [0.15, 0.2) is 48.5 Å². The van der Waals surface area contributed by atoms with Gasteiger partial charge < -0.3 is 15.4 Å². The summed E-state index contributed by atoms with van der Waals surface area (Å²) in [6.07, 6.45) is 2.14. The lowest BCUT2D eigenvalue weighted by molar-refractivity contribution is -0.122. The molecule has 1 fully saturated rings. The SMILES string of the molecule is COc1ccc(C)cc1N[C@H](C(=O)NC1CC1)c1ccccc1. The van der Waals surface area contributed by atoms with Gasteiger partial charge in [0.05, 0.1) is 12.8 Å². The summed E-state index contributed by atoms with van der Waals surface area (Å²) in [5.74, 6) is 0.734. The van der Waals surface area contributed by atoms with E-state index in [0.717, 1.165) is 35.4 Å². The quantitative estimate of drug-likeness (QED) is 0.859. The van der Waals surface area contributed by atoms with Crippen LogP contribution in [-0.4, -0.2) is 19.1 Å². The predicted octanol–water partition coefficient (Wildman–Crippen LogP) is 3.44. The van der Waals surface area contributed by atoms with Crippen molar-refractivity contribution in [2.24, 2.45) is 0 Å². The Morgan fingerprint density at radius 1 is 1.17 bits per heavy atom. The van der Waals surface area contributed by atoms with Crippen molar-refractivity contribution in [2.75, 3.05) is 12.4 Å². The molecule has 0 aliphatic heterocycles. The van der Waals surface area contributed by atoms with Crippen LogP contribution in [0.1, 0.15) is 30.0 Å². The van der Waals surface area contributed by atoms with Gasteiger partial charge in [0.1, 0.15) is 11.8 Å². The molecule has 2 aromatic rings. The fourth-order valence-corrected chi connectivity index (χ4v) is 2.55. The van der Waals surface area contributed by atoms with Gasteiger partial charge in [0.25, 0.3) is 0 Å². The third kappa shape index (κ3) is 3.83. The lowest BCUT2D eigenvalue weighted by atomic mass is 10.0. The van der Waals surface area contributed by atoms with Gasteiger partial charge in [-0.3, -0.25) is 4.79 Å². The molecule has 1 amide bonds. The number of hydrogen-bond donors (Lipinski definition) is 2. The van der Waals surface area contributed by atoms with Crippen LogP contribution in [0.4, 0.5) is 5.69 Å². The normalized spacial score (nSPS) is 14.9. The molecule has 0 bridgehead atoms. The molecule has 0 aromatic heterocycles. The molecular formula is C19H22N2O2. The number of carbonyl (C=O) groups excluding carboxylic acids is 1. The van der Waals surface area contributed by atoms with E-state index >= 15 is 0 Å². The van der Waals surface area contributed by atoms with E-state index in [1.165, 1.54) is 0 Å². The Bertz CT molecular complexity index is 681. The third-order valence-electron chi connectivity index (χ3n) is 3.97. The van der Waals surface area contributed by atoms with Gasteiger partial charge in [-0.1, -0.05) is 36.4 Å². The van der Waals surface area contributed by atoms with E-state index in [9.17, 15) is 4.79 Å². The van der Waals surface area contributed by atoms with Crippen LogP contribution in [0.3, 0.4) is 0 Å². The second kappa shape index (κ2) is 6.73. The highest BCUT2D eigenvalue weighted by molar-refractivity contribution is 5.87. The Morgan fingerprint density at radius 2 is 1.91 bits per heavy atom. The lowest BCUT2D eigenvalue weighted by Crippen LogP contribution is -2.34. The van der Waals surface area contributed by atoms with E-state index in [4.69, 9.17) is 4.74 Å². The Kier molecular flexibility index (Phi) is 4.51. The topological polar surface area (TPSA) is 50.4 Å². The number of aryl methyl sites for hydroxylation is 1. The largest absolute Gasteiger partial charge is 0.495 e. The first kappa shape index (κ1) is 15.4. The average Bonchev–Trinajstić information content (AvgIpc) is 3.37. The molecular weight excluding hydrogens is 288 g/mol. The fraction of sp³-hybridized carbons (Fsp3) is 0.316. The molecule has 0 heterocycles. The molecule has 0 unspecified atom stereocenters. The second-order valence-electron chi connectivity index (χ2n) is 5.97. The molecule has 3 rings (SSSR count). The van der Waals surface area contributed by atoms with Crippen molar-refractivity contribution in [1.29, 1.82) is 0 Å². The van der Waals surface area contributed by atoms with Crippen LogP contribution < -0.4 is 15.4 Å². The molecule has 2 aromatic carbocycles. The van der Waals surface area contributed by atoms with Crippen LogP contribution in [-0.2, 0) is 4.79 Å². The minimum Gasteiger partial charge on any atom is -0.495 e. The molecule has 1 saturated carbocycles. The summed E-state index contributed by atoms with van der Waals surface area (Å²) in [5.41, 5.74) is 2.88. The number of rotatable bonds is 6. The van der Waals surface area contributed by atoms with Gasteiger partial charge in [-0.2, -0.15) is 0 Å². The van der Waals surface area contributed by atoms with Crippen molar-refractivity contribution in [2.45, 2.75) is 31.8 Å². The van der Waals surface area contributed by atoms with E-state index in [1.54, 1.807) is 7.11 Å². The van der Waals surface area contributed by atoms with Crippen LogP contribution in [0.5, 0.6) is 5.75 Å². The molecule has 4 heteroatoms. The molecule has 1 aliphatic carbocycles. The van der Waals surface area contributed by atoms with Gasteiger partial charge in [0, 0.05) is 6.04 Å². The van der Waals surface area contributed by atoms with Gasteiger partial charge >= 0.3 is 0 Å². The fourth-order valence-electron chi connectivity index (χ4n) is 2.55. The van der Waals surface area contributed by atoms with Gasteiger partial charge in [-0.25, -0.2) is 0 Å². The van der Waals surface area contributed by atoms with Crippen LogP contribution in [0.25, 0.3) is 0 Å². The summed E-state index contributed by atoms with van der Waals surface area (Å²) < 4.78 is 5.42. The molecule has 120 valence electrons. The van der Waals surface area contributed by atoms with Crippen LogP contribution in [0, 0.1) is 6.92 Å². The maximum atomic E-state index is 12.7. The van der Waals surface area contributed by atoms with Crippen molar-refractivity contribution in [3.05, 3.63) is 59.7 Å². The van der Waals surface area contributed by atoms with E-state index < -0.39 is 6.04 Å². The number of methoxy groups -OCH3 is 1. The number of amides is 1. The van der Waals surface area contributed by atoms with Crippen molar-refractivity contribution in [1.82, 2.24) is 5.32 Å². The van der Waals surface area contributed by atoms with Crippen molar-refractivity contribution >= 4 is 11.6 Å². The second-order valence-corrected chi connectivity index (χ2v) is 5.97. The van der Waals surface area contributed by atoms with Gasteiger partial charge in [-0.15, -0.1) is 0 Å². The Balaban J connectivity index is 1.89. The van der Waals surface area contributed by atoms with Crippen LogP contribution in [0.2, 0.25) is 0 Å². The smallest absolute Gasteiger partial charge is 0.247 e.